The molecule has 1 aromatic carbocycles. The van der Waals surface area contributed by atoms with Crippen molar-refractivity contribution in [2.75, 3.05) is 13.1 Å². The van der Waals surface area contributed by atoms with Gasteiger partial charge < -0.3 is 15.3 Å². The van der Waals surface area contributed by atoms with Gasteiger partial charge in [-0.15, -0.1) is 0 Å². The number of nitrogens with one attached hydrogen (secondary N) is 1. The van der Waals surface area contributed by atoms with E-state index in [4.69, 9.17) is 0 Å². The minimum absolute atomic E-state index is 0.0988. The quantitative estimate of drug-likeness (QED) is 0.883. The molecule has 2 aliphatic rings. The number of hydrogen-bond donors (Lipinski definition) is 2. The molecule has 2 fully saturated rings. The Bertz CT molecular complexity index is 471. The number of aliphatic hydroxyl groups is 1. The number of benzene rings is 1. The van der Waals surface area contributed by atoms with Crippen molar-refractivity contribution in [1.82, 2.24) is 10.2 Å². The second-order valence-corrected chi connectivity index (χ2v) is 6.23. The van der Waals surface area contributed by atoms with E-state index in [1.54, 1.807) is 0 Å². The number of amides is 1. The van der Waals surface area contributed by atoms with E-state index < -0.39 is 6.10 Å². The smallest absolute Gasteiger partial charge is 0.226 e. The second kappa shape index (κ2) is 6.58. The Kier molecular flexibility index (Phi) is 4.56. The Labute approximate surface area is 126 Å². The number of carbonyl (C=O) groups excluding carboxylic acids is 1. The average molecular weight is 288 g/mol. The van der Waals surface area contributed by atoms with Crippen molar-refractivity contribution in [2.24, 2.45) is 5.92 Å². The molecule has 2 N–H and O–H groups in total. The molecule has 1 aromatic rings. The van der Waals surface area contributed by atoms with Crippen LogP contribution >= 0.6 is 0 Å². The van der Waals surface area contributed by atoms with Crippen LogP contribution < -0.4 is 5.32 Å². The van der Waals surface area contributed by atoms with Crippen LogP contribution in [-0.4, -0.2) is 41.1 Å². The highest BCUT2D eigenvalue weighted by molar-refractivity contribution is 5.79. The van der Waals surface area contributed by atoms with Crippen molar-refractivity contribution in [2.45, 2.75) is 44.4 Å². The third kappa shape index (κ3) is 3.27. The third-order valence-corrected chi connectivity index (χ3v) is 4.73. The number of carbonyl (C=O) groups is 1. The fourth-order valence-electron chi connectivity index (χ4n) is 3.52. The van der Waals surface area contributed by atoms with Crippen LogP contribution in [0.25, 0.3) is 0 Å². The number of rotatable bonds is 4. The van der Waals surface area contributed by atoms with Crippen LogP contribution in [0.2, 0.25) is 0 Å². The standard InChI is InChI=1S/C17H24N2O2/c20-16-11-18-10-15(16)19(12-13-6-2-1-3-7-13)17(21)14-8-4-5-9-14/h1-3,6-7,14-16,18,20H,4-5,8-12H2/t15-,16-/m1/s1. The molecule has 1 aliphatic heterocycles. The fourth-order valence-corrected chi connectivity index (χ4v) is 3.52. The second-order valence-electron chi connectivity index (χ2n) is 6.23. The van der Waals surface area contributed by atoms with Gasteiger partial charge in [-0.1, -0.05) is 43.2 Å². The molecule has 1 aliphatic carbocycles. The number of aliphatic hydroxyl groups excluding tert-OH is 1. The summed E-state index contributed by atoms with van der Waals surface area (Å²) in [6.07, 6.45) is 3.85. The maximum Gasteiger partial charge on any atom is 0.226 e. The van der Waals surface area contributed by atoms with E-state index in [2.05, 4.69) is 5.32 Å². The van der Waals surface area contributed by atoms with E-state index in [9.17, 15) is 9.90 Å². The van der Waals surface area contributed by atoms with E-state index in [0.717, 1.165) is 31.2 Å². The van der Waals surface area contributed by atoms with Gasteiger partial charge in [-0.3, -0.25) is 4.79 Å². The molecule has 3 rings (SSSR count). The molecule has 1 saturated carbocycles. The van der Waals surface area contributed by atoms with Crippen molar-refractivity contribution < 1.29 is 9.90 Å². The summed E-state index contributed by atoms with van der Waals surface area (Å²) in [6.45, 7) is 1.86. The summed E-state index contributed by atoms with van der Waals surface area (Å²) in [6, 6.07) is 9.97. The normalized spacial score (nSPS) is 26.1. The van der Waals surface area contributed by atoms with E-state index in [-0.39, 0.29) is 17.9 Å². The van der Waals surface area contributed by atoms with Gasteiger partial charge in [-0.2, -0.15) is 0 Å². The van der Waals surface area contributed by atoms with Gasteiger partial charge in [-0.05, 0) is 18.4 Å². The lowest BCUT2D eigenvalue weighted by atomic mass is 10.0. The molecule has 0 radical (unpaired) electrons. The van der Waals surface area contributed by atoms with E-state index >= 15 is 0 Å². The maximum atomic E-state index is 12.9. The van der Waals surface area contributed by atoms with Gasteiger partial charge in [0.1, 0.15) is 0 Å². The summed E-state index contributed by atoms with van der Waals surface area (Å²) in [7, 11) is 0. The highest BCUT2D eigenvalue weighted by Gasteiger charge is 2.36. The Balaban J connectivity index is 1.78. The first kappa shape index (κ1) is 14.5. The molecule has 1 amide bonds. The summed E-state index contributed by atoms with van der Waals surface area (Å²) < 4.78 is 0. The number of hydrogen-bond acceptors (Lipinski definition) is 3. The van der Waals surface area contributed by atoms with Crippen molar-refractivity contribution in [3.05, 3.63) is 35.9 Å². The van der Waals surface area contributed by atoms with E-state index in [0.29, 0.717) is 19.6 Å². The summed E-state index contributed by atoms with van der Waals surface area (Å²) in [5, 5.41) is 13.4. The number of β-amino-alcohol motifs (C(OH)–C–C–N with tert-alkyl or cyclic N) is 1. The summed E-state index contributed by atoms with van der Waals surface area (Å²) in [4.78, 5) is 14.8. The van der Waals surface area contributed by atoms with Crippen molar-refractivity contribution in [3.63, 3.8) is 0 Å². The van der Waals surface area contributed by atoms with Crippen LogP contribution in [0.4, 0.5) is 0 Å². The molecule has 0 bridgehead atoms. The SMILES string of the molecule is O=C(C1CCCC1)N(Cc1ccccc1)[C@@H]1CNC[C@H]1O. The fraction of sp³-hybridized carbons (Fsp3) is 0.588. The molecule has 0 aromatic heterocycles. The largest absolute Gasteiger partial charge is 0.390 e. The lowest BCUT2D eigenvalue weighted by molar-refractivity contribution is -0.140. The van der Waals surface area contributed by atoms with Gasteiger partial charge in [-0.25, -0.2) is 0 Å². The third-order valence-electron chi connectivity index (χ3n) is 4.73. The zero-order chi connectivity index (χ0) is 14.7. The highest BCUT2D eigenvalue weighted by atomic mass is 16.3. The van der Waals surface area contributed by atoms with Crippen LogP contribution in [0, 0.1) is 5.92 Å². The van der Waals surface area contributed by atoms with Crippen molar-refractivity contribution in [3.8, 4) is 0 Å². The molecule has 4 heteroatoms. The van der Waals surface area contributed by atoms with E-state index in [1.165, 1.54) is 0 Å². The molecule has 0 spiro atoms. The average Bonchev–Trinajstić information content (AvgIpc) is 3.17. The molecular weight excluding hydrogens is 264 g/mol. The van der Waals surface area contributed by atoms with Gasteiger partial charge in [0.25, 0.3) is 0 Å². The highest BCUT2D eigenvalue weighted by Crippen LogP contribution is 2.28. The van der Waals surface area contributed by atoms with Crippen molar-refractivity contribution >= 4 is 5.91 Å². The maximum absolute atomic E-state index is 12.9. The molecule has 21 heavy (non-hydrogen) atoms. The van der Waals surface area contributed by atoms with E-state index in [1.807, 2.05) is 35.2 Å². The zero-order valence-corrected chi connectivity index (χ0v) is 12.4. The molecule has 4 nitrogen and oxygen atoms in total. The predicted molar refractivity (Wildman–Crippen MR) is 81.6 cm³/mol. The van der Waals surface area contributed by atoms with Gasteiger partial charge in [0.15, 0.2) is 0 Å². The Hall–Kier alpha value is -1.39. The minimum atomic E-state index is -0.459. The first-order valence-electron chi connectivity index (χ1n) is 7.99. The molecule has 0 unspecified atom stereocenters. The Morgan fingerprint density at radius 2 is 1.90 bits per heavy atom. The van der Waals surface area contributed by atoms with Crippen LogP contribution in [0.15, 0.2) is 30.3 Å². The first-order valence-corrected chi connectivity index (χ1v) is 7.99. The predicted octanol–water partition coefficient (Wildman–Crippen LogP) is 1.54. The summed E-state index contributed by atoms with van der Waals surface area (Å²) in [5.41, 5.74) is 1.13. The van der Waals surface area contributed by atoms with Crippen LogP contribution in [-0.2, 0) is 11.3 Å². The Morgan fingerprint density at radius 3 is 2.52 bits per heavy atom. The minimum Gasteiger partial charge on any atom is -0.390 e. The topological polar surface area (TPSA) is 52.6 Å². The number of nitrogens with zero attached hydrogens (tertiary/aromatic N) is 1. The van der Waals surface area contributed by atoms with Gasteiger partial charge >= 0.3 is 0 Å². The molecule has 114 valence electrons. The Morgan fingerprint density at radius 1 is 1.19 bits per heavy atom. The summed E-state index contributed by atoms with van der Waals surface area (Å²) in [5.74, 6) is 0.380. The van der Waals surface area contributed by atoms with Gasteiger partial charge in [0.05, 0.1) is 12.1 Å². The molecule has 1 heterocycles. The molecular formula is C17H24N2O2. The van der Waals surface area contributed by atoms with Crippen LogP contribution in [0.3, 0.4) is 0 Å². The van der Waals surface area contributed by atoms with Gasteiger partial charge in [0.2, 0.25) is 5.91 Å². The molecule has 1 saturated heterocycles. The van der Waals surface area contributed by atoms with Crippen LogP contribution in [0.5, 0.6) is 0 Å². The van der Waals surface area contributed by atoms with Crippen LogP contribution in [0.1, 0.15) is 31.2 Å². The zero-order valence-electron chi connectivity index (χ0n) is 12.4. The first-order chi connectivity index (χ1) is 10.3. The monoisotopic (exact) mass is 288 g/mol. The molecule has 2 atom stereocenters. The lowest BCUT2D eigenvalue weighted by Crippen LogP contribution is -2.48. The van der Waals surface area contributed by atoms with Gasteiger partial charge in [0, 0.05) is 25.6 Å². The van der Waals surface area contributed by atoms with Crippen molar-refractivity contribution in [1.29, 1.82) is 0 Å². The lowest BCUT2D eigenvalue weighted by Gasteiger charge is -2.33. The summed E-state index contributed by atoms with van der Waals surface area (Å²) >= 11 is 0.